The van der Waals surface area contributed by atoms with Gasteiger partial charge in [0.15, 0.2) is 0 Å². The largest absolute Gasteiger partial charge is 0.481 e. The van der Waals surface area contributed by atoms with Crippen molar-refractivity contribution < 1.29 is 24.9 Å². The van der Waals surface area contributed by atoms with Gasteiger partial charge in [-0.1, -0.05) is 47.5 Å². The number of aliphatic hydroxyl groups excluding tert-OH is 2. The number of rotatable bonds is 9. The molecule has 0 heterocycles. The summed E-state index contributed by atoms with van der Waals surface area (Å²) in [5, 5.41) is 36.7. The first-order valence-corrected chi connectivity index (χ1v) is 23.1. The molecule has 0 radical (unpaired) electrons. The lowest BCUT2D eigenvalue weighted by molar-refractivity contribution is -0.170. The zero-order valence-electron chi connectivity index (χ0n) is 34.3. The molecule has 53 heavy (non-hydrogen) atoms. The second-order valence-corrected chi connectivity index (χ2v) is 22.1. The summed E-state index contributed by atoms with van der Waals surface area (Å²) in [4.78, 5) is 24.8. The van der Waals surface area contributed by atoms with Crippen LogP contribution in [-0.4, -0.2) is 45.4 Å². The first-order valence-electron chi connectivity index (χ1n) is 23.1. The molecule has 0 aliphatic heterocycles. The molecule has 8 aliphatic carbocycles. The van der Waals surface area contributed by atoms with E-state index in [0.29, 0.717) is 71.5 Å². The molecule has 6 heteroatoms. The van der Waals surface area contributed by atoms with Gasteiger partial charge in [-0.15, -0.1) is 0 Å². The Morgan fingerprint density at radius 3 is 2.04 bits per heavy atom. The van der Waals surface area contributed by atoms with Crippen molar-refractivity contribution in [2.45, 2.75) is 194 Å². The summed E-state index contributed by atoms with van der Waals surface area (Å²) in [5.41, 5.74) is 0.582. The van der Waals surface area contributed by atoms with Crippen LogP contribution in [0.3, 0.4) is 0 Å². The highest BCUT2D eigenvalue weighted by Gasteiger charge is 2.65. The van der Waals surface area contributed by atoms with Crippen LogP contribution in [-0.2, 0) is 9.59 Å². The van der Waals surface area contributed by atoms with Gasteiger partial charge in [0.1, 0.15) is 0 Å². The Labute approximate surface area is 322 Å². The Morgan fingerprint density at radius 1 is 0.679 bits per heavy atom. The topological polar surface area (TPSA) is 107 Å². The van der Waals surface area contributed by atoms with E-state index in [4.69, 9.17) is 0 Å². The molecule has 0 aromatic rings. The lowest BCUT2D eigenvalue weighted by Crippen LogP contribution is -2.59. The van der Waals surface area contributed by atoms with Gasteiger partial charge in [-0.3, -0.25) is 9.59 Å². The van der Waals surface area contributed by atoms with Crippen LogP contribution in [0, 0.1) is 86.8 Å². The maximum atomic E-state index is 13.5. The lowest BCUT2D eigenvalue weighted by atomic mass is 9.43. The van der Waals surface area contributed by atoms with Crippen molar-refractivity contribution in [2.24, 2.45) is 86.8 Å². The average Bonchev–Trinajstić information content (AvgIpc) is 3.66. The van der Waals surface area contributed by atoms with Gasteiger partial charge < -0.3 is 20.6 Å². The van der Waals surface area contributed by atoms with E-state index in [-0.39, 0.29) is 46.8 Å². The molecule has 0 aromatic heterocycles. The van der Waals surface area contributed by atoms with Crippen LogP contribution in [0.15, 0.2) is 0 Å². The fourth-order valence-corrected chi connectivity index (χ4v) is 17.5. The minimum atomic E-state index is -0.710. The fraction of sp³-hybridized carbons (Fsp3) is 0.957. The number of carbonyl (C=O) groups excluding carboxylic acids is 1. The summed E-state index contributed by atoms with van der Waals surface area (Å²) in [5.74, 6) is 6.15. The number of carboxylic acids is 1. The Balaban J connectivity index is 0.832. The summed E-state index contributed by atoms with van der Waals surface area (Å²) in [6, 6.07) is 0.267. The number of amides is 1. The fourth-order valence-electron chi connectivity index (χ4n) is 17.5. The molecule has 8 rings (SSSR count). The minimum absolute atomic E-state index is 0.0182. The van der Waals surface area contributed by atoms with Crippen LogP contribution >= 0.6 is 0 Å². The summed E-state index contributed by atoms with van der Waals surface area (Å²) in [6.07, 6.45) is 23.9. The molecule has 8 aliphatic rings. The number of hydrogen-bond acceptors (Lipinski definition) is 4. The third-order valence-electron chi connectivity index (χ3n) is 20.5. The second kappa shape index (κ2) is 14.4. The number of nitrogens with one attached hydrogen (secondary N) is 1. The van der Waals surface area contributed by atoms with Crippen molar-refractivity contribution in [3.05, 3.63) is 0 Å². The number of hydrogen-bond donors (Lipinski definition) is 4. The van der Waals surface area contributed by atoms with E-state index in [1.807, 2.05) is 0 Å². The molecular formula is C47H77NO5. The molecule has 1 unspecified atom stereocenters. The maximum Gasteiger partial charge on any atom is 0.303 e. The Hall–Kier alpha value is -1.14. The lowest BCUT2D eigenvalue weighted by Gasteiger charge is -2.62. The van der Waals surface area contributed by atoms with Gasteiger partial charge in [-0.25, -0.2) is 0 Å². The molecule has 8 fully saturated rings. The van der Waals surface area contributed by atoms with Crippen LogP contribution in [0.25, 0.3) is 0 Å². The normalized spacial score (nSPS) is 52.2. The van der Waals surface area contributed by atoms with E-state index < -0.39 is 5.97 Å². The maximum absolute atomic E-state index is 13.5. The molecule has 1 amide bonds. The number of carboxylic acid groups (broad SMARTS) is 1. The molecule has 0 spiro atoms. The van der Waals surface area contributed by atoms with E-state index in [2.05, 4.69) is 39.9 Å². The smallest absolute Gasteiger partial charge is 0.303 e. The summed E-state index contributed by atoms with van der Waals surface area (Å²) < 4.78 is 0. The Morgan fingerprint density at radius 2 is 1.32 bits per heavy atom. The Kier molecular flexibility index (Phi) is 10.5. The summed E-state index contributed by atoms with van der Waals surface area (Å²) in [7, 11) is 0. The van der Waals surface area contributed by atoms with Crippen molar-refractivity contribution in [2.75, 3.05) is 0 Å². The molecular weight excluding hydrogens is 659 g/mol. The third kappa shape index (κ3) is 6.21. The standard InChI is InChI=1S/C47H77NO5/c1-28(12-21-43(52)53)35-19-20-37-34-17-14-31-25-32(22-24-45(31,3)39(34)27-41(50)47(35,37)5)48-42(51)11-8-10-30-15-18-36-33-16-13-29-9-6-7-23-44(29,2)38(33)26-40(49)46(30,36)4/h28-41,49-50H,6-27H2,1-5H3,(H,48,51)(H,52,53)/t28-,29+,30?,31-,32+,33+,34+,35-,36+,37+,38+,39+,40+,41+,44+,45+,46-,47-/m1/s1. The van der Waals surface area contributed by atoms with Crippen LogP contribution < -0.4 is 5.32 Å². The van der Waals surface area contributed by atoms with Crippen molar-refractivity contribution in [3.63, 3.8) is 0 Å². The van der Waals surface area contributed by atoms with Crippen molar-refractivity contribution in [1.82, 2.24) is 5.32 Å². The van der Waals surface area contributed by atoms with Crippen molar-refractivity contribution in [3.8, 4) is 0 Å². The molecule has 300 valence electrons. The number of aliphatic carboxylic acids is 1. The van der Waals surface area contributed by atoms with E-state index in [1.54, 1.807) is 0 Å². The number of aliphatic hydroxyl groups is 2. The number of carbonyl (C=O) groups is 2. The summed E-state index contributed by atoms with van der Waals surface area (Å²) in [6.45, 7) is 12.2. The zero-order chi connectivity index (χ0) is 37.5. The van der Waals surface area contributed by atoms with E-state index in [9.17, 15) is 24.9 Å². The van der Waals surface area contributed by atoms with Crippen molar-refractivity contribution in [1.29, 1.82) is 0 Å². The highest BCUT2D eigenvalue weighted by Crippen LogP contribution is 2.70. The van der Waals surface area contributed by atoms with Crippen LogP contribution in [0.5, 0.6) is 0 Å². The first-order chi connectivity index (χ1) is 25.2. The molecule has 8 saturated carbocycles. The van der Waals surface area contributed by atoms with Crippen LogP contribution in [0.1, 0.15) is 176 Å². The molecule has 4 N–H and O–H groups in total. The molecule has 18 atom stereocenters. The van der Waals surface area contributed by atoms with Gasteiger partial charge in [-0.2, -0.15) is 0 Å². The van der Waals surface area contributed by atoms with Crippen molar-refractivity contribution >= 4 is 11.9 Å². The minimum Gasteiger partial charge on any atom is -0.481 e. The van der Waals surface area contributed by atoms with Gasteiger partial charge in [0.25, 0.3) is 0 Å². The van der Waals surface area contributed by atoms with Crippen LogP contribution in [0.4, 0.5) is 0 Å². The summed E-state index contributed by atoms with van der Waals surface area (Å²) >= 11 is 0. The Bertz CT molecular complexity index is 1370. The average molecular weight is 736 g/mol. The molecule has 0 bridgehead atoms. The van der Waals surface area contributed by atoms with E-state index in [1.165, 1.54) is 70.6 Å². The molecule has 6 nitrogen and oxygen atoms in total. The van der Waals surface area contributed by atoms with E-state index in [0.717, 1.165) is 63.2 Å². The van der Waals surface area contributed by atoms with Crippen LogP contribution in [0.2, 0.25) is 0 Å². The monoisotopic (exact) mass is 736 g/mol. The molecule has 0 aromatic carbocycles. The SMILES string of the molecule is C[C@H](CCC(=O)O)[C@H]1CC[C@H]2[C@@H]3CC[C@@H]4C[C@@H](NC(=O)CCCC5CC[C@H]6[C@@H]7CC[C@@H]8CCCC[C@]8(C)[C@H]7C[C@H](O)[C@]56C)CC[C@]4(C)[C@H]3C[C@H](O)[C@]12C. The predicted molar refractivity (Wildman–Crippen MR) is 210 cm³/mol. The second-order valence-electron chi connectivity index (χ2n) is 22.1. The van der Waals surface area contributed by atoms with Gasteiger partial charge in [-0.05, 0) is 202 Å². The highest BCUT2D eigenvalue weighted by atomic mass is 16.4. The van der Waals surface area contributed by atoms with E-state index >= 15 is 0 Å². The number of fused-ring (bicyclic) bond motifs is 10. The molecule has 0 saturated heterocycles. The van der Waals surface area contributed by atoms with Gasteiger partial charge in [0.05, 0.1) is 12.2 Å². The highest BCUT2D eigenvalue weighted by molar-refractivity contribution is 5.76. The third-order valence-corrected chi connectivity index (χ3v) is 20.5. The van der Waals surface area contributed by atoms with Gasteiger partial charge in [0.2, 0.25) is 5.91 Å². The first kappa shape index (κ1) is 38.7. The quantitative estimate of drug-likeness (QED) is 0.189. The van der Waals surface area contributed by atoms with Gasteiger partial charge in [0, 0.05) is 18.9 Å². The zero-order valence-corrected chi connectivity index (χ0v) is 34.3. The van der Waals surface area contributed by atoms with Gasteiger partial charge >= 0.3 is 5.97 Å². The predicted octanol–water partition coefficient (Wildman–Crippen LogP) is 9.79.